The molecule has 3 heteroatoms. The van der Waals surface area contributed by atoms with Crippen LogP contribution in [0.3, 0.4) is 0 Å². The molecule has 0 aliphatic carbocycles. The molecule has 0 spiro atoms. The molecule has 0 saturated heterocycles. The Labute approximate surface area is 112 Å². The van der Waals surface area contributed by atoms with Crippen molar-refractivity contribution in [3.63, 3.8) is 0 Å². The molecule has 0 saturated carbocycles. The summed E-state index contributed by atoms with van der Waals surface area (Å²) in [4.78, 5) is 0. The summed E-state index contributed by atoms with van der Waals surface area (Å²) in [5.74, 6) is 1.32. The minimum atomic E-state index is 0.370. The molecule has 0 aromatic heterocycles. The third-order valence-electron chi connectivity index (χ3n) is 3.67. The van der Waals surface area contributed by atoms with Gasteiger partial charge in [0, 0.05) is 5.56 Å². The molecule has 94 valence electrons. The lowest BCUT2D eigenvalue weighted by molar-refractivity contribution is 0.280. The van der Waals surface area contributed by atoms with Gasteiger partial charge in [-0.25, -0.2) is 0 Å². The Morgan fingerprint density at radius 2 is 1.79 bits per heavy atom. The van der Waals surface area contributed by atoms with E-state index in [2.05, 4.69) is 23.2 Å². The maximum absolute atomic E-state index is 5.81. The highest BCUT2D eigenvalue weighted by atomic mass is 16.5. The van der Waals surface area contributed by atoms with Crippen molar-refractivity contribution in [3.05, 3.63) is 60.2 Å². The molecule has 2 aliphatic heterocycles. The average Bonchev–Trinajstić information content (AvgIpc) is 2.93. The van der Waals surface area contributed by atoms with Gasteiger partial charge in [-0.05, 0) is 24.3 Å². The first-order valence-electron chi connectivity index (χ1n) is 6.55. The zero-order valence-electron chi connectivity index (χ0n) is 10.5. The highest BCUT2D eigenvalue weighted by Gasteiger charge is 2.33. The Hall–Kier alpha value is -2.29. The monoisotopic (exact) mass is 250 g/mol. The highest BCUT2D eigenvalue weighted by molar-refractivity contribution is 6.07. The third-order valence-corrected chi connectivity index (χ3v) is 3.67. The fourth-order valence-corrected chi connectivity index (χ4v) is 2.71. The molecule has 3 nitrogen and oxygen atoms in total. The van der Waals surface area contributed by atoms with Crippen molar-refractivity contribution < 1.29 is 4.74 Å². The summed E-state index contributed by atoms with van der Waals surface area (Å²) in [5, 5.41) is 6.87. The number of nitrogens with zero attached hydrogens (tertiary/aromatic N) is 2. The predicted molar refractivity (Wildman–Crippen MR) is 75.8 cm³/mol. The molecule has 2 aromatic rings. The van der Waals surface area contributed by atoms with Crippen LogP contribution in [0, 0.1) is 5.92 Å². The van der Waals surface area contributed by atoms with Crippen LogP contribution in [0.5, 0.6) is 5.75 Å². The van der Waals surface area contributed by atoms with Gasteiger partial charge in [-0.15, -0.1) is 0 Å². The summed E-state index contributed by atoms with van der Waals surface area (Å²) in [6.45, 7) is 1.62. The Morgan fingerprint density at radius 3 is 2.68 bits per heavy atom. The van der Waals surface area contributed by atoms with Crippen molar-refractivity contribution >= 4 is 11.4 Å². The van der Waals surface area contributed by atoms with Crippen LogP contribution in [-0.4, -0.2) is 18.9 Å². The van der Waals surface area contributed by atoms with Crippen LogP contribution in [0.15, 0.2) is 59.7 Å². The largest absolute Gasteiger partial charge is 0.492 e. The van der Waals surface area contributed by atoms with E-state index in [1.807, 2.05) is 36.4 Å². The Morgan fingerprint density at radius 1 is 1.00 bits per heavy atom. The van der Waals surface area contributed by atoms with Crippen molar-refractivity contribution in [2.24, 2.45) is 11.0 Å². The summed E-state index contributed by atoms with van der Waals surface area (Å²) in [6, 6.07) is 18.4. The second-order valence-corrected chi connectivity index (χ2v) is 4.91. The molecule has 19 heavy (non-hydrogen) atoms. The number of para-hydroxylation sites is 2. The molecule has 1 atom stereocenters. The SMILES string of the molecule is c1ccc(N2C[C@@H]3COc4ccccc4C3=N2)cc1. The van der Waals surface area contributed by atoms with Gasteiger partial charge < -0.3 is 4.74 Å². The van der Waals surface area contributed by atoms with Gasteiger partial charge in [0.15, 0.2) is 0 Å². The fourth-order valence-electron chi connectivity index (χ4n) is 2.71. The number of hydrogen-bond acceptors (Lipinski definition) is 3. The summed E-state index contributed by atoms with van der Waals surface area (Å²) in [6.07, 6.45) is 0. The number of rotatable bonds is 1. The average molecular weight is 250 g/mol. The van der Waals surface area contributed by atoms with E-state index in [9.17, 15) is 0 Å². The van der Waals surface area contributed by atoms with Gasteiger partial charge in [-0.1, -0.05) is 30.3 Å². The highest BCUT2D eigenvalue weighted by Crippen LogP contribution is 2.33. The molecule has 0 N–H and O–H groups in total. The molecule has 4 rings (SSSR count). The maximum Gasteiger partial charge on any atom is 0.128 e. The van der Waals surface area contributed by atoms with E-state index in [-0.39, 0.29) is 0 Å². The van der Waals surface area contributed by atoms with Crippen molar-refractivity contribution in [1.82, 2.24) is 0 Å². The summed E-state index contributed by atoms with van der Waals surface area (Å²) in [5.41, 5.74) is 3.43. The number of hydrazone groups is 1. The Balaban J connectivity index is 1.75. The minimum absolute atomic E-state index is 0.370. The van der Waals surface area contributed by atoms with E-state index in [0.717, 1.165) is 35.9 Å². The molecular formula is C16H14N2O. The first-order chi connectivity index (χ1) is 9.42. The second-order valence-electron chi connectivity index (χ2n) is 4.91. The van der Waals surface area contributed by atoms with E-state index in [0.29, 0.717) is 5.92 Å². The van der Waals surface area contributed by atoms with Gasteiger partial charge in [0.2, 0.25) is 0 Å². The third kappa shape index (κ3) is 1.70. The van der Waals surface area contributed by atoms with Gasteiger partial charge in [0.1, 0.15) is 5.75 Å². The van der Waals surface area contributed by atoms with E-state index in [4.69, 9.17) is 9.84 Å². The minimum Gasteiger partial charge on any atom is -0.492 e. The van der Waals surface area contributed by atoms with Crippen LogP contribution in [0.4, 0.5) is 5.69 Å². The van der Waals surface area contributed by atoms with Crippen molar-refractivity contribution in [2.45, 2.75) is 0 Å². The lowest BCUT2D eigenvalue weighted by atomic mass is 9.95. The summed E-state index contributed by atoms with van der Waals surface area (Å²) < 4.78 is 5.81. The Kier molecular flexibility index (Phi) is 2.30. The normalized spacial score (nSPS) is 20.3. The molecule has 0 amide bonds. The number of fused-ring (bicyclic) bond motifs is 3. The number of benzene rings is 2. The smallest absolute Gasteiger partial charge is 0.128 e. The molecule has 2 aliphatic rings. The Bertz CT molecular complexity index is 636. The van der Waals surface area contributed by atoms with Crippen LogP contribution >= 0.6 is 0 Å². The molecule has 0 radical (unpaired) electrons. The molecule has 2 heterocycles. The summed E-state index contributed by atoms with van der Waals surface area (Å²) >= 11 is 0. The second kappa shape index (κ2) is 4.12. The summed E-state index contributed by atoms with van der Waals surface area (Å²) in [7, 11) is 0. The van der Waals surface area contributed by atoms with Crippen LogP contribution in [-0.2, 0) is 0 Å². The topological polar surface area (TPSA) is 24.8 Å². The van der Waals surface area contributed by atoms with E-state index in [1.54, 1.807) is 0 Å². The van der Waals surface area contributed by atoms with Gasteiger partial charge in [-0.2, -0.15) is 5.10 Å². The van der Waals surface area contributed by atoms with Crippen LogP contribution in [0.2, 0.25) is 0 Å². The zero-order chi connectivity index (χ0) is 12.7. The molecule has 0 bridgehead atoms. The van der Waals surface area contributed by atoms with E-state index in [1.165, 1.54) is 0 Å². The lowest BCUT2D eigenvalue weighted by Gasteiger charge is -2.22. The maximum atomic E-state index is 5.81. The number of anilines is 1. The van der Waals surface area contributed by atoms with Crippen molar-refractivity contribution in [3.8, 4) is 5.75 Å². The van der Waals surface area contributed by atoms with Crippen molar-refractivity contribution in [1.29, 1.82) is 0 Å². The molecule has 2 aromatic carbocycles. The van der Waals surface area contributed by atoms with Crippen LogP contribution in [0.1, 0.15) is 5.56 Å². The quantitative estimate of drug-likeness (QED) is 0.777. The molecule has 0 unspecified atom stereocenters. The van der Waals surface area contributed by atoms with Gasteiger partial charge >= 0.3 is 0 Å². The van der Waals surface area contributed by atoms with Crippen LogP contribution < -0.4 is 9.75 Å². The fraction of sp³-hybridized carbons (Fsp3) is 0.188. The first-order valence-corrected chi connectivity index (χ1v) is 6.55. The number of hydrogen-bond donors (Lipinski definition) is 0. The number of ether oxygens (including phenoxy) is 1. The zero-order valence-corrected chi connectivity index (χ0v) is 10.5. The van der Waals surface area contributed by atoms with Crippen LogP contribution in [0.25, 0.3) is 0 Å². The van der Waals surface area contributed by atoms with E-state index >= 15 is 0 Å². The van der Waals surface area contributed by atoms with Gasteiger partial charge in [0.25, 0.3) is 0 Å². The van der Waals surface area contributed by atoms with Crippen molar-refractivity contribution in [2.75, 3.05) is 18.2 Å². The molecular weight excluding hydrogens is 236 g/mol. The predicted octanol–water partition coefficient (Wildman–Crippen LogP) is 2.92. The van der Waals surface area contributed by atoms with Gasteiger partial charge in [0.05, 0.1) is 30.5 Å². The lowest BCUT2D eigenvalue weighted by Crippen LogP contribution is -2.29. The molecule has 0 fully saturated rings. The van der Waals surface area contributed by atoms with E-state index < -0.39 is 0 Å². The first kappa shape index (κ1) is 10.6. The van der Waals surface area contributed by atoms with Gasteiger partial charge in [-0.3, -0.25) is 5.01 Å². The standard InChI is InChI=1S/C16H14N2O/c1-2-6-13(7-3-1)18-10-12-11-19-15-9-5-4-8-14(15)16(12)17-18/h1-9,12H,10-11H2/t12-/m1/s1.